The average molecular weight is 161 g/mol. The molecule has 1 aromatic rings. The minimum atomic E-state index is 0.151. The molecule has 1 heterocycles. The van der Waals surface area contributed by atoms with Gasteiger partial charge in [-0.15, -0.1) is 5.10 Å². The van der Waals surface area contributed by atoms with Gasteiger partial charge in [0.05, 0.1) is 11.8 Å². The molecule has 0 unspecified atom stereocenters. The van der Waals surface area contributed by atoms with Crippen LogP contribution in [0.15, 0.2) is 0 Å². The van der Waals surface area contributed by atoms with Crippen LogP contribution in [0.25, 0.3) is 0 Å². The molecule has 0 aliphatic rings. The molecule has 12 heavy (non-hydrogen) atoms. The van der Waals surface area contributed by atoms with Gasteiger partial charge in [0.25, 0.3) is 0 Å². The van der Waals surface area contributed by atoms with E-state index in [-0.39, 0.29) is 6.54 Å². The molecule has 5 nitrogen and oxygen atoms in total. The van der Waals surface area contributed by atoms with Crippen LogP contribution in [0.4, 0.5) is 0 Å². The second-order valence-electron chi connectivity index (χ2n) is 2.17. The highest BCUT2D eigenvalue weighted by atomic mass is 15.4. The summed E-state index contributed by atoms with van der Waals surface area (Å²) in [6, 6.07) is 3.87. The minimum Gasteiger partial charge on any atom is -0.234 e. The molecule has 1 rings (SSSR count). The van der Waals surface area contributed by atoms with E-state index in [0.717, 1.165) is 5.69 Å². The SMILES string of the molecule is CCc1c(C#N)nnn1CC#N. The van der Waals surface area contributed by atoms with Gasteiger partial charge in [0.2, 0.25) is 0 Å². The van der Waals surface area contributed by atoms with Crippen LogP contribution in [-0.4, -0.2) is 15.0 Å². The van der Waals surface area contributed by atoms with Gasteiger partial charge in [-0.25, -0.2) is 4.68 Å². The second kappa shape index (κ2) is 3.49. The summed E-state index contributed by atoms with van der Waals surface area (Å²) in [4.78, 5) is 0. The monoisotopic (exact) mass is 161 g/mol. The molecule has 0 saturated heterocycles. The van der Waals surface area contributed by atoms with E-state index in [0.29, 0.717) is 12.1 Å². The second-order valence-corrected chi connectivity index (χ2v) is 2.17. The molecule has 60 valence electrons. The standard InChI is InChI=1S/C7H7N5/c1-2-7-6(5-9)10-11-12(7)4-3-8/h2,4H2,1H3. The van der Waals surface area contributed by atoms with Gasteiger partial charge in [-0.05, 0) is 6.42 Å². The van der Waals surface area contributed by atoms with Crippen LogP contribution in [-0.2, 0) is 13.0 Å². The zero-order chi connectivity index (χ0) is 8.97. The van der Waals surface area contributed by atoms with Crippen LogP contribution in [0.2, 0.25) is 0 Å². The molecule has 0 N–H and O–H groups in total. The number of aromatic nitrogens is 3. The van der Waals surface area contributed by atoms with Gasteiger partial charge in [0.1, 0.15) is 12.6 Å². The highest BCUT2D eigenvalue weighted by Crippen LogP contribution is 2.03. The Morgan fingerprint density at radius 3 is 2.75 bits per heavy atom. The summed E-state index contributed by atoms with van der Waals surface area (Å²) in [5.41, 5.74) is 1.03. The lowest BCUT2D eigenvalue weighted by Gasteiger charge is -1.96. The Balaban J connectivity index is 3.09. The highest BCUT2D eigenvalue weighted by Gasteiger charge is 2.08. The van der Waals surface area contributed by atoms with E-state index >= 15 is 0 Å². The van der Waals surface area contributed by atoms with Crippen LogP contribution >= 0.6 is 0 Å². The first-order chi connectivity index (χ1) is 5.83. The quantitative estimate of drug-likeness (QED) is 0.622. The molecule has 0 aromatic carbocycles. The normalized spacial score (nSPS) is 8.92. The van der Waals surface area contributed by atoms with E-state index in [4.69, 9.17) is 10.5 Å². The average Bonchev–Trinajstić information content (AvgIpc) is 2.47. The Kier molecular flexibility index (Phi) is 2.39. The molecular formula is C7H7N5. The van der Waals surface area contributed by atoms with E-state index in [1.54, 1.807) is 0 Å². The van der Waals surface area contributed by atoms with E-state index in [9.17, 15) is 0 Å². The highest BCUT2D eigenvalue weighted by molar-refractivity contribution is 5.24. The maximum Gasteiger partial charge on any atom is 0.185 e. The summed E-state index contributed by atoms with van der Waals surface area (Å²) >= 11 is 0. The molecule has 1 aromatic heterocycles. The van der Waals surface area contributed by atoms with Gasteiger partial charge in [0.15, 0.2) is 5.69 Å². The lowest BCUT2D eigenvalue weighted by atomic mass is 10.3. The fourth-order valence-corrected chi connectivity index (χ4v) is 0.964. The van der Waals surface area contributed by atoms with Crippen LogP contribution in [0.5, 0.6) is 0 Å². The molecule has 0 bridgehead atoms. The molecule has 0 radical (unpaired) electrons. The van der Waals surface area contributed by atoms with Crippen molar-refractivity contribution in [2.24, 2.45) is 0 Å². The molecule has 0 fully saturated rings. The summed E-state index contributed by atoms with van der Waals surface area (Å²) in [5, 5.41) is 24.3. The van der Waals surface area contributed by atoms with Crippen molar-refractivity contribution in [1.82, 2.24) is 15.0 Å². The minimum absolute atomic E-state index is 0.151. The Morgan fingerprint density at radius 1 is 1.50 bits per heavy atom. The third-order valence-electron chi connectivity index (χ3n) is 1.50. The predicted octanol–water partition coefficient (Wildman–Crippen LogP) is 0.236. The zero-order valence-electron chi connectivity index (χ0n) is 6.65. The van der Waals surface area contributed by atoms with Gasteiger partial charge in [-0.3, -0.25) is 0 Å². The lowest BCUT2D eigenvalue weighted by molar-refractivity contribution is 0.639. The maximum atomic E-state index is 8.58. The first-order valence-corrected chi connectivity index (χ1v) is 3.52. The van der Waals surface area contributed by atoms with Crippen molar-refractivity contribution < 1.29 is 0 Å². The zero-order valence-corrected chi connectivity index (χ0v) is 6.65. The van der Waals surface area contributed by atoms with Gasteiger partial charge in [-0.2, -0.15) is 10.5 Å². The van der Waals surface area contributed by atoms with Crippen molar-refractivity contribution in [3.63, 3.8) is 0 Å². The molecule has 5 heteroatoms. The fraction of sp³-hybridized carbons (Fsp3) is 0.429. The van der Waals surface area contributed by atoms with Crippen molar-refractivity contribution in [2.45, 2.75) is 19.9 Å². The van der Waals surface area contributed by atoms with E-state index < -0.39 is 0 Å². The summed E-state index contributed by atoms with van der Waals surface area (Å²) in [7, 11) is 0. The lowest BCUT2D eigenvalue weighted by Crippen LogP contribution is -2.03. The molecule has 0 aliphatic heterocycles. The Hall–Kier alpha value is -1.88. The van der Waals surface area contributed by atoms with Crippen molar-refractivity contribution >= 4 is 0 Å². The number of hydrogen-bond donors (Lipinski definition) is 0. The van der Waals surface area contributed by atoms with Crippen molar-refractivity contribution in [2.75, 3.05) is 0 Å². The van der Waals surface area contributed by atoms with Gasteiger partial charge < -0.3 is 0 Å². The largest absolute Gasteiger partial charge is 0.234 e. The summed E-state index contributed by atoms with van der Waals surface area (Å²) < 4.78 is 1.44. The summed E-state index contributed by atoms with van der Waals surface area (Å²) in [5.74, 6) is 0. The first kappa shape index (κ1) is 8.22. The summed E-state index contributed by atoms with van der Waals surface area (Å²) in [6.45, 7) is 2.05. The third kappa shape index (κ3) is 1.25. The Labute approximate surface area is 69.8 Å². The van der Waals surface area contributed by atoms with Crippen molar-refractivity contribution in [3.8, 4) is 12.1 Å². The van der Waals surface area contributed by atoms with Gasteiger partial charge in [0, 0.05) is 0 Å². The molecular weight excluding hydrogens is 154 g/mol. The number of hydrogen-bond acceptors (Lipinski definition) is 4. The Bertz CT molecular complexity index is 351. The number of nitriles is 2. The van der Waals surface area contributed by atoms with Crippen LogP contribution in [0.3, 0.4) is 0 Å². The van der Waals surface area contributed by atoms with Crippen molar-refractivity contribution in [1.29, 1.82) is 10.5 Å². The topological polar surface area (TPSA) is 78.3 Å². The fourth-order valence-electron chi connectivity index (χ4n) is 0.964. The van der Waals surface area contributed by atoms with Gasteiger partial charge >= 0.3 is 0 Å². The van der Waals surface area contributed by atoms with E-state index in [2.05, 4.69) is 10.3 Å². The molecule has 0 saturated carbocycles. The number of nitrogens with zero attached hydrogens (tertiary/aromatic N) is 5. The van der Waals surface area contributed by atoms with Crippen molar-refractivity contribution in [3.05, 3.63) is 11.4 Å². The molecule has 0 aliphatic carbocycles. The molecule has 0 amide bonds. The third-order valence-corrected chi connectivity index (χ3v) is 1.50. The van der Waals surface area contributed by atoms with Crippen LogP contribution in [0.1, 0.15) is 18.3 Å². The van der Waals surface area contributed by atoms with Crippen LogP contribution < -0.4 is 0 Å². The maximum absolute atomic E-state index is 8.58. The van der Waals surface area contributed by atoms with E-state index in [1.807, 2.05) is 19.1 Å². The molecule has 0 spiro atoms. The van der Waals surface area contributed by atoms with Gasteiger partial charge in [-0.1, -0.05) is 12.1 Å². The predicted molar refractivity (Wildman–Crippen MR) is 39.7 cm³/mol. The smallest absolute Gasteiger partial charge is 0.185 e. The Morgan fingerprint density at radius 2 is 2.25 bits per heavy atom. The van der Waals surface area contributed by atoms with Crippen LogP contribution in [0, 0.1) is 22.7 Å². The number of rotatable bonds is 2. The molecule has 0 atom stereocenters. The summed E-state index contributed by atoms with van der Waals surface area (Å²) in [6.07, 6.45) is 0.664. The van der Waals surface area contributed by atoms with E-state index in [1.165, 1.54) is 4.68 Å². The first-order valence-electron chi connectivity index (χ1n) is 3.52.